The molecule has 100 valence electrons. The lowest BCUT2D eigenvalue weighted by atomic mass is 9.86. The summed E-state index contributed by atoms with van der Waals surface area (Å²) >= 11 is 1.83. The van der Waals surface area contributed by atoms with Crippen molar-refractivity contribution in [3.8, 4) is 0 Å². The quantitative estimate of drug-likeness (QED) is 0.896. The van der Waals surface area contributed by atoms with Gasteiger partial charge in [0.05, 0.1) is 0 Å². The average Bonchev–Trinajstić information content (AvgIpc) is 2.97. The van der Waals surface area contributed by atoms with Crippen molar-refractivity contribution in [3.63, 3.8) is 0 Å². The van der Waals surface area contributed by atoms with E-state index in [1.165, 1.54) is 36.1 Å². The fourth-order valence-corrected chi connectivity index (χ4v) is 3.80. The molecule has 0 spiro atoms. The first kappa shape index (κ1) is 12.9. The van der Waals surface area contributed by atoms with Crippen LogP contribution in [-0.4, -0.2) is 6.54 Å². The summed E-state index contributed by atoms with van der Waals surface area (Å²) in [5.74, 6) is 0.464. The molecule has 19 heavy (non-hydrogen) atoms. The van der Waals surface area contributed by atoms with Crippen LogP contribution in [0.4, 0.5) is 0 Å². The van der Waals surface area contributed by atoms with E-state index in [4.69, 9.17) is 5.73 Å². The molecule has 0 bridgehead atoms. The van der Waals surface area contributed by atoms with E-state index in [1.807, 2.05) is 11.3 Å². The van der Waals surface area contributed by atoms with Gasteiger partial charge in [0.1, 0.15) is 0 Å². The number of thiophene rings is 1. The van der Waals surface area contributed by atoms with Gasteiger partial charge in [0.15, 0.2) is 0 Å². The summed E-state index contributed by atoms with van der Waals surface area (Å²) in [7, 11) is 0. The van der Waals surface area contributed by atoms with E-state index in [0.717, 1.165) is 13.0 Å². The molecule has 0 amide bonds. The molecule has 0 saturated carbocycles. The molecule has 2 aromatic rings. The van der Waals surface area contributed by atoms with Crippen molar-refractivity contribution < 1.29 is 0 Å². The van der Waals surface area contributed by atoms with Crippen LogP contribution in [0.3, 0.4) is 0 Å². The molecule has 1 atom stereocenters. The molecule has 2 N–H and O–H groups in total. The Bertz CT molecular complexity index is 530. The number of rotatable bonds is 4. The molecule has 0 radical (unpaired) electrons. The summed E-state index contributed by atoms with van der Waals surface area (Å²) in [6, 6.07) is 11.4. The van der Waals surface area contributed by atoms with Gasteiger partial charge in [-0.25, -0.2) is 0 Å². The van der Waals surface area contributed by atoms with Gasteiger partial charge in [-0.1, -0.05) is 24.3 Å². The van der Waals surface area contributed by atoms with Crippen molar-refractivity contribution in [2.75, 3.05) is 6.54 Å². The Morgan fingerprint density at radius 1 is 1.11 bits per heavy atom. The van der Waals surface area contributed by atoms with Crippen molar-refractivity contribution in [1.29, 1.82) is 0 Å². The largest absolute Gasteiger partial charge is 0.330 e. The van der Waals surface area contributed by atoms with E-state index in [-0.39, 0.29) is 0 Å². The molecule has 0 saturated heterocycles. The molecule has 1 aromatic heterocycles. The number of aryl methyl sites for hydroxylation is 2. The molecule has 2 heteroatoms. The van der Waals surface area contributed by atoms with Crippen LogP contribution in [0.5, 0.6) is 0 Å². The minimum absolute atomic E-state index is 0.464. The molecule has 0 fully saturated rings. The van der Waals surface area contributed by atoms with Crippen molar-refractivity contribution in [2.24, 2.45) is 5.73 Å². The van der Waals surface area contributed by atoms with E-state index in [9.17, 15) is 0 Å². The third kappa shape index (κ3) is 2.90. The molecule has 1 aliphatic carbocycles. The van der Waals surface area contributed by atoms with E-state index >= 15 is 0 Å². The lowest BCUT2D eigenvalue weighted by molar-refractivity contribution is 0.671. The Hall–Kier alpha value is -1.12. The minimum Gasteiger partial charge on any atom is -0.330 e. The Morgan fingerprint density at radius 3 is 2.68 bits per heavy atom. The monoisotopic (exact) mass is 271 g/mol. The summed E-state index contributed by atoms with van der Waals surface area (Å²) in [4.78, 5) is 1.44. The standard InChI is InChI=1S/C17H21NS/c18-12-16(11-17-6-3-9-19-17)15-8-7-13-4-1-2-5-14(13)10-15/h3,6-10,16H,1-2,4-5,11-12,18H2. The van der Waals surface area contributed by atoms with Gasteiger partial charge in [-0.05, 0) is 66.8 Å². The first-order valence-electron chi connectivity index (χ1n) is 7.21. The number of nitrogens with two attached hydrogens (primary N) is 1. The molecule has 0 aliphatic heterocycles. The van der Waals surface area contributed by atoms with Gasteiger partial charge >= 0.3 is 0 Å². The number of fused-ring (bicyclic) bond motifs is 1. The highest BCUT2D eigenvalue weighted by molar-refractivity contribution is 7.09. The van der Waals surface area contributed by atoms with Crippen LogP contribution >= 0.6 is 11.3 Å². The lowest BCUT2D eigenvalue weighted by Gasteiger charge is -2.20. The SMILES string of the molecule is NCC(Cc1cccs1)c1ccc2c(c1)CCCC2. The van der Waals surface area contributed by atoms with Gasteiger partial charge in [-0.3, -0.25) is 0 Å². The summed E-state index contributed by atoms with van der Waals surface area (Å²) in [5.41, 5.74) is 10.6. The fraction of sp³-hybridized carbons (Fsp3) is 0.412. The van der Waals surface area contributed by atoms with E-state index in [0.29, 0.717) is 5.92 Å². The Kier molecular flexibility index (Phi) is 4.00. The van der Waals surface area contributed by atoms with Crippen LogP contribution in [0.15, 0.2) is 35.7 Å². The van der Waals surface area contributed by atoms with Crippen molar-refractivity contribution in [3.05, 3.63) is 57.3 Å². The molecule has 1 aromatic carbocycles. The van der Waals surface area contributed by atoms with E-state index in [2.05, 4.69) is 35.7 Å². The van der Waals surface area contributed by atoms with E-state index < -0.39 is 0 Å². The predicted molar refractivity (Wildman–Crippen MR) is 82.9 cm³/mol. The Balaban J connectivity index is 1.82. The summed E-state index contributed by atoms with van der Waals surface area (Å²) in [6.07, 6.45) is 6.27. The maximum Gasteiger partial charge on any atom is 0.00517 e. The molecule has 1 unspecified atom stereocenters. The molecule has 1 nitrogen and oxygen atoms in total. The normalized spacial score (nSPS) is 16.1. The highest BCUT2D eigenvalue weighted by Crippen LogP contribution is 2.28. The van der Waals surface area contributed by atoms with Crippen molar-refractivity contribution in [2.45, 2.75) is 38.0 Å². The van der Waals surface area contributed by atoms with Gasteiger partial charge in [0.25, 0.3) is 0 Å². The van der Waals surface area contributed by atoms with Gasteiger partial charge < -0.3 is 5.73 Å². The second-order valence-corrected chi connectivity index (χ2v) is 6.48. The number of benzene rings is 1. The third-order valence-corrected chi connectivity index (χ3v) is 5.05. The Labute approximate surface area is 119 Å². The van der Waals surface area contributed by atoms with Crippen LogP contribution in [0.1, 0.15) is 40.3 Å². The molecule has 1 heterocycles. The number of hydrogen-bond acceptors (Lipinski definition) is 2. The first-order chi connectivity index (χ1) is 9.36. The highest BCUT2D eigenvalue weighted by atomic mass is 32.1. The van der Waals surface area contributed by atoms with Gasteiger partial charge in [0.2, 0.25) is 0 Å². The zero-order chi connectivity index (χ0) is 13.1. The van der Waals surface area contributed by atoms with Crippen LogP contribution in [0.25, 0.3) is 0 Å². The molecule has 3 rings (SSSR count). The van der Waals surface area contributed by atoms with Crippen LogP contribution in [0, 0.1) is 0 Å². The molecular weight excluding hydrogens is 250 g/mol. The second kappa shape index (κ2) is 5.89. The molecule has 1 aliphatic rings. The van der Waals surface area contributed by atoms with Crippen molar-refractivity contribution in [1.82, 2.24) is 0 Å². The number of hydrogen-bond donors (Lipinski definition) is 1. The third-order valence-electron chi connectivity index (χ3n) is 4.16. The maximum atomic E-state index is 6.00. The summed E-state index contributed by atoms with van der Waals surface area (Å²) in [6.45, 7) is 0.733. The summed E-state index contributed by atoms with van der Waals surface area (Å²) < 4.78 is 0. The highest BCUT2D eigenvalue weighted by Gasteiger charge is 2.15. The van der Waals surface area contributed by atoms with Crippen LogP contribution in [0.2, 0.25) is 0 Å². The zero-order valence-corrected chi connectivity index (χ0v) is 12.1. The van der Waals surface area contributed by atoms with Gasteiger partial charge in [-0.2, -0.15) is 0 Å². The lowest BCUT2D eigenvalue weighted by Crippen LogP contribution is -2.15. The molecular formula is C17H21NS. The van der Waals surface area contributed by atoms with Crippen LogP contribution < -0.4 is 5.73 Å². The smallest absolute Gasteiger partial charge is 0.00517 e. The maximum absolute atomic E-state index is 6.00. The Morgan fingerprint density at radius 2 is 1.95 bits per heavy atom. The fourth-order valence-electron chi connectivity index (χ4n) is 3.02. The second-order valence-electron chi connectivity index (χ2n) is 5.45. The predicted octanol–water partition coefficient (Wildman–Crippen LogP) is 3.91. The van der Waals surface area contributed by atoms with Gasteiger partial charge in [0, 0.05) is 10.8 Å². The summed E-state index contributed by atoms with van der Waals surface area (Å²) in [5, 5.41) is 2.15. The van der Waals surface area contributed by atoms with Crippen molar-refractivity contribution >= 4 is 11.3 Å². The minimum atomic E-state index is 0.464. The van der Waals surface area contributed by atoms with E-state index in [1.54, 1.807) is 11.1 Å². The van der Waals surface area contributed by atoms with Gasteiger partial charge in [-0.15, -0.1) is 11.3 Å². The topological polar surface area (TPSA) is 26.0 Å². The van der Waals surface area contributed by atoms with Crippen LogP contribution in [-0.2, 0) is 19.3 Å². The zero-order valence-electron chi connectivity index (χ0n) is 11.3. The average molecular weight is 271 g/mol. The first-order valence-corrected chi connectivity index (χ1v) is 8.09.